The highest BCUT2D eigenvalue weighted by atomic mass is 16.6. The molecule has 1 rings (SSSR count). The highest BCUT2D eigenvalue weighted by Gasteiger charge is 2.36. The van der Waals surface area contributed by atoms with Crippen LogP contribution in [0.5, 0.6) is 0 Å². The van der Waals surface area contributed by atoms with Crippen molar-refractivity contribution in [3.05, 3.63) is 11.6 Å². The second-order valence-corrected chi connectivity index (χ2v) is 7.02. The van der Waals surface area contributed by atoms with Crippen molar-refractivity contribution in [1.82, 2.24) is 4.90 Å². The normalized spacial score (nSPS) is 19.0. The van der Waals surface area contributed by atoms with Crippen LogP contribution in [0, 0.1) is 5.41 Å². The summed E-state index contributed by atoms with van der Waals surface area (Å²) >= 11 is 0. The van der Waals surface area contributed by atoms with Crippen LogP contribution in [0.4, 0.5) is 4.79 Å². The summed E-state index contributed by atoms with van der Waals surface area (Å²) in [5.41, 5.74) is -0.596. The minimum Gasteiger partial charge on any atom is -0.478 e. The number of aliphatic hydroxyl groups is 1. The van der Waals surface area contributed by atoms with Crippen molar-refractivity contribution >= 4 is 12.1 Å². The molecule has 6 heteroatoms. The topological polar surface area (TPSA) is 87.1 Å². The average molecular weight is 313 g/mol. The van der Waals surface area contributed by atoms with Gasteiger partial charge < -0.3 is 19.8 Å². The summed E-state index contributed by atoms with van der Waals surface area (Å²) in [5, 5.41) is 18.6. The van der Waals surface area contributed by atoms with Gasteiger partial charge in [0.1, 0.15) is 5.60 Å². The molecule has 0 spiro atoms. The van der Waals surface area contributed by atoms with Crippen LogP contribution in [-0.4, -0.2) is 52.5 Å². The molecule has 1 amide bonds. The van der Waals surface area contributed by atoms with E-state index < -0.39 is 11.6 Å². The highest BCUT2D eigenvalue weighted by Crippen LogP contribution is 2.35. The molecule has 1 fully saturated rings. The second-order valence-electron chi connectivity index (χ2n) is 7.02. The van der Waals surface area contributed by atoms with Gasteiger partial charge in [-0.1, -0.05) is 6.08 Å². The number of piperidine rings is 1. The number of rotatable bonds is 4. The molecular formula is C16H27NO5. The number of nitrogens with zero attached hydrogens (tertiary/aromatic N) is 1. The molecule has 0 radical (unpaired) electrons. The molecule has 0 saturated carbocycles. The van der Waals surface area contributed by atoms with Crippen molar-refractivity contribution in [2.45, 2.75) is 52.6 Å². The molecule has 1 saturated heterocycles. The summed E-state index contributed by atoms with van der Waals surface area (Å²) in [5.74, 6) is -0.945. The van der Waals surface area contributed by atoms with E-state index in [0.717, 1.165) is 0 Å². The lowest BCUT2D eigenvalue weighted by Crippen LogP contribution is -2.46. The number of amides is 1. The van der Waals surface area contributed by atoms with Gasteiger partial charge in [-0.2, -0.15) is 0 Å². The predicted octanol–water partition coefficient (Wildman–Crippen LogP) is 2.42. The van der Waals surface area contributed by atoms with Gasteiger partial charge in [0.25, 0.3) is 0 Å². The standard InChI is InChI=1S/C16H27NO5/c1-12(13(19)20)5-6-16(11-18)7-9-17(10-8-16)14(21)22-15(2,3)4/h5,18H,6-11H2,1-4H3,(H,19,20)/b12-5+. The van der Waals surface area contributed by atoms with Crippen LogP contribution < -0.4 is 0 Å². The van der Waals surface area contributed by atoms with Gasteiger partial charge in [-0.3, -0.25) is 0 Å². The number of ether oxygens (including phenoxy) is 1. The summed E-state index contributed by atoms with van der Waals surface area (Å²) < 4.78 is 5.34. The summed E-state index contributed by atoms with van der Waals surface area (Å²) in [6, 6.07) is 0. The van der Waals surface area contributed by atoms with Gasteiger partial charge in [0.05, 0.1) is 0 Å². The lowest BCUT2D eigenvalue weighted by atomic mass is 9.76. The molecule has 1 heterocycles. The molecule has 0 bridgehead atoms. The molecule has 0 aromatic heterocycles. The average Bonchev–Trinajstić information content (AvgIpc) is 2.43. The first-order valence-electron chi connectivity index (χ1n) is 7.57. The van der Waals surface area contributed by atoms with Crippen molar-refractivity contribution in [2.75, 3.05) is 19.7 Å². The number of carbonyl (C=O) groups excluding carboxylic acids is 1. The summed E-state index contributed by atoms with van der Waals surface area (Å²) in [7, 11) is 0. The summed E-state index contributed by atoms with van der Waals surface area (Å²) in [6.45, 7) is 8.03. The van der Waals surface area contributed by atoms with E-state index in [2.05, 4.69) is 0 Å². The maximum atomic E-state index is 12.0. The molecule has 2 N–H and O–H groups in total. The SMILES string of the molecule is C/C(=C\CC1(CO)CCN(C(=O)OC(C)(C)C)CC1)C(=O)O. The molecule has 0 atom stereocenters. The number of aliphatic hydroxyl groups excluding tert-OH is 1. The van der Waals surface area contributed by atoms with Crippen LogP contribution in [0.15, 0.2) is 11.6 Å². The van der Waals surface area contributed by atoms with Crippen LogP contribution in [0.25, 0.3) is 0 Å². The maximum absolute atomic E-state index is 12.0. The van der Waals surface area contributed by atoms with Crippen molar-refractivity contribution < 1.29 is 24.5 Å². The quantitative estimate of drug-likeness (QED) is 0.778. The molecule has 0 aromatic rings. The molecule has 0 aromatic carbocycles. The third-order valence-corrected chi connectivity index (χ3v) is 3.99. The fourth-order valence-electron chi connectivity index (χ4n) is 2.37. The minimum atomic E-state index is -0.945. The summed E-state index contributed by atoms with van der Waals surface area (Å²) in [4.78, 5) is 24.5. The van der Waals surface area contributed by atoms with Gasteiger partial charge >= 0.3 is 12.1 Å². The van der Waals surface area contributed by atoms with Crippen LogP contribution in [-0.2, 0) is 9.53 Å². The number of carboxylic acid groups (broad SMARTS) is 1. The van der Waals surface area contributed by atoms with E-state index in [0.29, 0.717) is 32.4 Å². The Balaban J connectivity index is 2.62. The van der Waals surface area contributed by atoms with Crippen molar-refractivity contribution in [3.63, 3.8) is 0 Å². The Morgan fingerprint density at radius 3 is 2.23 bits per heavy atom. The maximum Gasteiger partial charge on any atom is 0.410 e. The van der Waals surface area contributed by atoms with E-state index in [1.54, 1.807) is 17.9 Å². The molecule has 0 unspecified atom stereocenters. The largest absolute Gasteiger partial charge is 0.478 e. The zero-order valence-corrected chi connectivity index (χ0v) is 13.9. The zero-order valence-electron chi connectivity index (χ0n) is 13.9. The molecular weight excluding hydrogens is 286 g/mol. The van der Waals surface area contributed by atoms with Gasteiger partial charge in [0.2, 0.25) is 0 Å². The smallest absolute Gasteiger partial charge is 0.410 e. The monoisotopic (exact) mass is 313 g/mol. The Hall–Kier alpha value is -1.56. The van der Waals surface area contributed by atoms with E-state index >= 15 is 0 Å². The number of allylic oxidation sites excluding steroid dienone is 1. The Labute approximate surface area is 131 Å². The number of likely N-dealkylation sites (tertiary alicyclic amines) is 1. The number of aliphatic carboxylic acids is 1. The van der Waals surface area contributed by atoms with E-state index in [-0.39, 0.29) is 23.7 Å². The van der Waals surface area contributed by atoms with Crippen LogP contribution in [0.3, 0.4) is 0 Å². The summed E-state index contributed by atoms with van der Waals surface area (Å²) in [6.07, 6.45) is 3.08. The van der Waals surface area contributed by atoms with Crippen LogP contribution in [0.2, 0.25) is 0 Å². The Bertz CT molecular complexity index is 442. The molecule has 22 heavy (non-hydrogen) atoms. The third kappa shape index (κ3) is 5.33. The van der Waals surface area contributed by atoms with Crippen molar-refractivity contribution in [3.8, 4) is 0 Å². The van der Waals surface area contributed by atoms with Gasteiger partial charge in [0.15, 0.2) is 0 Å². The van der Waals surface area contributed by atoms with Crippen LogP contribution >= 0.6 is 0 Å². The van der Waals surface area contributed by atoms with Gasteiger partial charge in [-0.25, -0.2) is 9.59 Å². The van der Waals surface area contributed by atoms with E-state index in [4.69, 9.17) is 9.84 Å². The van der Waals surface area contributed by atoms with Gasteiger partial charge in [0, 0.05) is 30.7 Å². The molecule has 6 nitrogen and oxygen atoms in total. The van der Waals surface area contributed by atoms with Crippen molar-refractivity contribution in [2.24, 2.45) is 5.41 Å². The Morgan fingerprint density at radius 1 is 1.27 bits per heavy atom. The fraction of sp³-hybridized carbons (Fsp3) is 0.750. The number of carbonyl (C=O) groups is 2. The number of hydrogen-bond donors (Lipinski definition) is 2. The predicted molar refractivity (Wildman–Crippen MR) is 82.6 cm³/mol. The second kappa shape index (κ2) is 7.13. The van der Waals surface area contributed by atoms with Crippen LogP contribution in [0.1, 0.15) is 47.0 Å². The fourth-order valence-corrected chi connectivity index (χ4v) is 2.37. The molecule has 1 aliphatic heterocycles. The van der Waals surface area contributed by atoms with Crippen molar-refractivity contribution in [1.29, 1.82) is 0 Å². The molecule has 1 aliphatic rings. The first-order chi connectivity index (χ1) is 10.1. The molecule has 126 valence electrons. The number of carboxylic acids is 1. The minimum absolute atomic E-state index is 0.0153. The van der Waals surface area contributed by atoms with Gasteiger partial charge in [-0.05, 0) is 47.0 Å². The molecule has 0 aliphatic carbocycles. The van der Waals surface area contributed by atoms with E-state index in [1.165, 1.54) is 0 Å². The van der Waals surface area contributed by atoms with Gasteiger partial charge in [-0.15, -0.1) is 0 Å². The van der Waals surface area contributed by atoms with E-state index in [9.17, 15) is 14.7 Å². The first kappa shape index (κ1) is 18.5. The van der Waals surface area contributed by atoms with E-state index in [1.807, 2.05) is 20.8 Å². The zero-order chi connectivity index (χ0) is 17.0. The first-order valence-corrected chi connectivity index (χ1v) is 7.57. The highest BCUT2D eigenvalue weighted by molar-refractivity contribution is 5.85. The third-order valence-electron chi connectivity index (χ3n) is 3.99. The Kier molecular flexibility index (Phi) is 6.00. The lowest BCUT2D eigenvalue weighted by molar-refractivity contribution is -0.132. The number of hydrogen-bond acceptors (Lipinski definition) is 4. The lowest BCUT2D eigenvalue weighted by Gasteiger charge is -2.40. The Morgan fingerprint density at radius 2 is 1.82 bits per heavy atom.